The Labute approximate surface area is 196 Å². The maximum Gasteiger partial charge on any atom is 0.264 e. The van der Waals surface area contributed by atoms with E-state index in [1.807, 2.05) is 39.8 Å². The van der Waals surface area contributed by atoms with Crippen LogP contribution in [-0.4, -0.2) is 27.5 Å². The van der Waals surface area contributed by atoms with E-state index >= 15 is 0 Å². The van der Waals surface area contributed by atoms with Crippen LogP contribution in [0.15, 0.2) is 77.7 Å². The van der Waals surface area contributed by atoms with Crippen molar-refractivity contribution in [3.8, 4) is 5.75 Å². The van der Waals surface area contributed by atoms with Crippen molar-refractivity contribution in [3.05, 3.63) is 89.5 Å². The number of carbonyl (C=O) groups excluding carboxylic acids is 1. The summed E-state index contributed by atoms with van der Waals surface area (Å²) in [7, 11) is -4.01. The van der Waals surface area contributed by atoms with Crippen LogP contribution >= 0.6 is 0 Å². The Hall–Kier alpha value is -3.32. The molecule has 0 aliphatic carbocycles. The molecule has 0 bridgehead atoms. The highest BCUT2D eigenvalue weighted by atomic mass is 32.2. The van der Waals surface area contributed by atoms with Crippen LogP contribution in [0.2, 0.25) is 0 Å². The largest absolute Gasteiger partial charge is 0.492 e. The Morgan fingerprint density at radius 2 is 1.67 bits per heavy atom. The summed E-state index contributed by atoms with van der Waals surface area (Å²) < 4.78 is 33.9. The van der Waals surface area contributed by atoms with Gasteiger partial charge in [-0.2, -0.15) is 0 Å². The molecule has 0 saturated carbocycles. The lowest BCUT2D eigenvalue weighted by Crippen LogP contribution is -2.41. The number of anilines is 1. The van der Waals surface area contributed by atoms with E-state index in [0.29, 0.717) is 18.0 Å². The summed E-state index contributed by atoms with van der Waals surface area (Å²) in [6, 6.07) is 20.7. The summed E-state index contributed by atoms with van der Waals surface area (Å²) >= 11 is 0. The van der Waals surface area contributed by atoms with Crippen molar-refractivity contribution in [1.29, 1.82) is 0 Å². The number of sulfonamides is 1. The molecule has 3 aromatic rings. The summed E-state index contributed by atoms with van der Waals surface area (Å²) in [6.45, 7) is 7.71. The molecular formula is C26H30N2O4S. The molecule has 1 unspecified atom stereocenters. The zero-order valence-corrected chi connectivity index (χ0v) is 20.2. The number of carbonyl (C=O) groups is 1. The molecule has 0 saturated heterocycles. The minimum Gasteiger partial charge on any atom is -0.492 e. The highest BCUT2D eigenvalue weighted by Crippen LogP contribution is 2.32. The molecule has 0 aliphatic rings. The van der Waals surface area contributed by atoms with Gasteiger partial charge >= 0.3 is 0 Å². The van der Waals surface area contributed by atoms with Gasteiger partial charge in [0, 0.05) is 0 Å². The average Bonchev–Trinajstić information content (AvgIpc) is 2.78. The van der Waals surface area contributed by atoms with Crippen LogP contribution in [0.25, 0.3) is 0 Å². The molecule has 174 valence electrons. The summed E-state index contributed by atoms with van der Waals surface area (Å²) in [5.74, 6) is -0.0111. The van der Waals surface area contributed by atoms with Gasteiger partial charge in [-0.25, -0.2) is 8.42 Å². The number of nitrogens with one attached hydrogen (secondary N) is 1. The monoisotopic (exact) mass is 466 g/mol. The van der Waals surface area contributed by atoms with E-state index in [-0.39, 0.29) is 17.5 Å². The fourth-order valence-electron chi connectivity index (χ4n) is 3.77. The Kier molecular flexibility index (Phi) is 7.76. The van der Waals surface area contributed by atoms with E-state index in [2.05, 4.69) is 11.4 Å². The number of benzene rings is 3. The molecule has 0 fully saturated rings. The molecule has 7 heteroatoms. The second-order valence-corrected chi connectivity index (χ2v) is 9.74. The van der Waals surface area contributed by atoms with Gasteiger partial charge < -0.3 is 10.1 Å². The maximum absolute atomic E-state index is 13.6. The lowest BCUT2D eigenvalue weighted by Gasteiger charge is -2.27. The standard InChI is InChI=1S/C26H30N2O4S/c1-5-32-25-14-10-9-13-24(25)28(33(30,31)22-11-7-6-8-12-22)18-26(29)27-21(4)23-16-15-19(2)17-20(23)3/h6-17,21H,5,18H2,1-4H3,(H,27,29). The van der Waals surface area contributed by atoms with Crippen molar-refractivity contribution >= 4 is 21.6 Å². The quantitative estimate of drug-likeness (QED) is 0.493. The van der Waals surface area contributed by atoms with Crippen LogP contribution in [0.3, 0.4) is 0 Å². The number of hydrogen-bond acceptors (Lipinski definition) is 4. The highest BCUT2D eigenvalue weighted by molar-refractivity contribution is 7.92. The van der Waals surface area contributed by atoms with Crippen molar-refractivity contribution in [3.63, 3.8) is 0 Å². The minimum atomic E-state index is -4.01. The Morgan fingerprint density at radius 1 is 1.00 bits per heavy atom. The molecule has 0 aliphatic heterocycles. The van der Waals surface area contributed by atoms with Gasteiger partial charge in [-0.05, 0) is 63.1 Å². The van der Waals surface area contributed by atoms with E-state index in [4.69, 9.17) is 4.74 Å². The molecular weight excluding hydrogens is 436 g/mol. The second kappa shape index (κ2) is 10.5. The van der Waals surface area contributed by atoms with Gasteiger partial charge in [-0.15, -0.1) is 0 Å². The van der Waals surface area contributed by atoms with Crippen molar-refractivity contribution in [1.82, 2.24) is 5.32 Å². The van der Waals surface area contributed by atoms with E-state index in [9.17, 15) is 13.2 Å². The molecule has 0 heterocycles. The van der Waals surface area contributed by atoms with Crippen LogP contribution in [0.5, 0.6) is 5.75 Å². The second-order valence-electron chi connectivity index (χ2n) is 7.87. The van der Waals surface area contributed by atoms with Gasteiger partial charge in [-0.3, -0.25) is 9.10 Å². The van der Waals surface area contributed by atoms with Crippen molar-refractivity contribution in [2.45, 2.75) is 38.6 Å². The Balaban J connectivity index is 1.94. The number of ether oxygens (including phenoxy) is 1. The first-order valence-corrected chi connectivity index (χ1v) is 12.3. The third-order valence-corrected chi connectivity index (χ3v) is 7.10. The number of rotatable bonds is 9. The highest BCUT2D eigenvalue weighted by Gasteiger charge is 2.29. The first-order chi connectivity index (χ1) is 15.7. The van der Waals surface area contributed by atoms with E-state index in [0.717, 1.165) is 21.0 Å². The normalized spacial score (nSPS) is 12.1. The molecule has 0 aromatic heterocycles. The third-order valence-electron chi connectivity index (χ3n) is 5.32. The lowest BCUT2D eigenvalue weighted by atomic mass is 10.0. The Bertz CT molecular complexity index is 1210. The molecule has 1 N–H and O–H groups in total. The summed E-state index contributed by atoms with van der Waals surface area (Å²) in [5.41, 5.74) is 3.51. The maximum atomic E-state index is 13.6. The number of aryl methyl sites for hydroxylation is 2. The first-order valence-electron chi connectivity index (χ1n) is 10.9. The molecule has 1 atom stereocenters. The molecule has 3 rings (SSSR count). The summed E-state index contributed by atoms with van der Waals surface area (Å²) in [6.07, 6.45) is 0. The van der Waals surface area contributed by atoms with Crippen molar-refractivity contribution in [2.24, 2.45) is 0 Å². The fourth-order valence-corrected chi connectivity index (χ4v) is 5.22. The zero-order chi connectivity index (χ0) is 24.0. The predicted octanol–water partition coefficient (Wildman–Crippen LogP) is 4.77. The van der Waals surface area contributed by atoms with Crippen LogP contribution in [0.1, 0.15) is 36.6 Å². The fraction of sp³-hybridized carbons (Fsp3) is 0.269. The van der Waals surface area contributed by atoms with Gasteiger partial charge in [0.2, 0.25) is 5.91 Å². The predicted molar refractivity (Wildman–Crippen MR) is 131 cm³/mol. The topological polar surface area (TPSA) is 75.7 Å². The average molecular weight is 467 g/mol. The lowest BCUT2D eigenvalue weighted by molar-refractivity contribution is -0.120. The van der Waals surface area contributed by atoms with Gasteiger partial charge in [0.05, 0.1) is 23.2 Å². The van der Waals surface area contributed by atoms with Crippen LogP contribution < -0.4 is 14.4 Å². The zero-order valence-electron chi connectivity index (χ0n) is 19.4. The number of para-hydroxylation sites is 2. The van der Waals surface area contributed by atoms with Crippen LogP contribution in [0, 0.1) is 13.8 Å². The van der Waals surface area contributed by atoms with Crippen LogP contribution in [-0.2, 0) is 14.8 Å². The summed E-state index contributed by atoms with van der Waals surface area (Å²) in [4.78, 5) is 13.2. The third kappa shape index (κ3) is 5.73. The minimum absolute atomic E-state index is 0.103. The van der Waals surface area contributed by atoms with Gasteiger partial charge in [0.15, 0.2) is 0 Å². The number of hydrogen-bond donors (Lipinski definition) is 1. The van der Waals surface area contributed by atoms with Crippen LogP contribution in [0.4, 0.5) is 5.69 Å². The van der Waals surface area contributed by atoms with E-state index in [1.54, 1.807) is 42.5 Å². The summed E-state index contributed by atoms with van der Waals surface area (Å²) in [5, 5.41) is 2.95. The smallest absolute Gasteiger partial charge is 0.264 e. The molecule has 1 amide bonds. The molecule has 33 heavy (non-hydrogen) atoms. The molecule has 0 radical (unpaired) electrons. The number of nitrogens with zero attached hydrogens (tertiary/aromatic N) is 1. The van der Waals surface area contributed by atoms with Crippen molar-refractivity contribution < 1.29 is 17.9 Å². The number of amides is 1. The SMILES string of the molecule is CCOc1ccccc1N(CC(=O)NC(C)c1ccc(C)cc1C)S(=O)(=O)c1ccccc1. The van der Waals surface area contributed by atoms with Gasteiger partial charge in [-0.1, -0.05) is 54.1 Å². The molecule has 3 aromatic carbocycles. The Morgan fingerprint density at radius 3 is 2.33 bits per heavy atom. The first kappa shape index (κ1) is 24.3. The van der Waals surface area contributed by atoms with E-state index < -0.39 is 15.9 Å². The van der Waals surface area contributed by atoms with Crippen molar-refractivity contribution in [2.75, 3.05) is 17.5 Å². The van der Waals surface area contributed by atoms with Gasteiger partial charge in [0.25, 0.3) is 10.0 Å². The molecule has 6 nitrogen and oxygen atoms in total. The van der Waals surface area contributed by atoms with E-state index in [1.165, 1.54) is 12.1 Å². The van der Waals surface area contributed by atoms with Gasteiger partial charge in [0.1, 0.15) is 12.3 Å². The molecule has 0 spiro atoms.